The second kappa shape index (κ2) is 9.41. The van der Waals surface area contributed by atoms with E-state index in [4.69, 9.17) is 15.8 Å². The van der Waals surface area contributed by atoms with Crippen molar-refractivity contribution in [3.63, 3.8) is 0 Å². The van der Waals surface area contributed by atoms with Crippen LogP contribution in [0.5, 0.6) is 0 Å². The molecule has 0 aliphatic rings. The second-order valence-corrected chi connectivity index (χ2v) is 8.70. The fourth-order valence-corrected chi connectivity index (χ4v) is 4.74. The maximum atomic E-state index is 8.86. The molecule has 0 aromatic rings. The van der Waals surface area contributed by atoms with E-state index in [-0.39, 0.29) is 0 Å². The predicted octanol–water partition coefficient (Wildman–Crippen LogP) is 4.31. The summed E-state index contributed by atoms with van der Waals surface area (Å²) in [5.41, 5.74) is -1.46. The molecule has 1 unspecified atom stereocenters. The molecule has 0 aliphatic carbocycles. The molecule has 0 aromatic carbocycles. The first-order valence-electron chi connectivity index (χ1n) is 5.78. The van der Waals surface area contributed by atoms with Crippen molar-refractivity contribution in [2.75, 3.05) is 12.3 Å². The van der Waals surface area contributed by atoms with Gasteiger partial charge in [-0.1, -0.05) is 48.1 Å². The number of unbranched alkanes of at least 4 members (excludes halogenated alkanes) is 4. The third-order valence-corrected chi connectivity index (χ3v) is 5.92. The molecule has 0 amide bonds. The van der Waals surface area contributed by atoms with Crippen molar-refractivity contribution in [1.29, 1.82) is 15.8 Å². The van der Waals surface area contributed by atoms with Crippen LogP contribution in [0, 0.1) is 39.4 Å². The maximum absolute atomic E-state index is 8.86. The quantitative estimate of drug-likeness (QED) is 0.495. The summed E-state index contributed by atoms with van der Waals surface area (Å²) < 4.78 is 0. The van der Waals surface area contributed by atoms with Crippen LogP contribution in [0.1, 0.15) is 39.0 Å². The smallest absolute Gasteiger partial charge is 0.195 e. The standard InChI is InChI=1S/C12H17BrN3P/c1-2-3-4-5-6-7-17(13)11-12(8-14,9-15)10-16/h2-7,11H2,1H3. The summed E-state index contributed by atoms with van der Waals surface area (Å²) in [5, 5.41) is 26.6. The Hall–Kier alpha value is -0.620. The average molecular weight is 314 g/mol. The predicted molar refractivity (Wildman–Crippen MR) is 73.6 cm³/mol. The Balaban J connectivity index is 3.95. The third kappa shape index (κ3) is 6.63. The van der Waals surface area contributed by atoms with E-state index in [9.17, 15) is 0 Å². The van der Waals surface area contributed by atoms with Gasteiger partial charge in [-0.15, -0.1) is 0 Å². The summed E-state index contributed by atoms with van der Waals surface area (Å²) in [6.07, 6.45) is 7.35. The molecule has 92 valence electrons. The van der Waals surface area contributed by atoms with Crippen LogP contribution in [0.3, 0.4) is 0 Å². The SMILES string of the molecule is CCCCCCCP(Br)CC(C#N)(C#N)C#N. The Kier molecular flexibility index (Phi) is 9.07. The van der Waals surface area contributed by atoms with Gasteiger partial charge in [-0.25, -0.2) is 0 Å². The lowest BCUT2D eigenvalue weighted by molar-refractivity contribution is 0.658. The van der Waals surface area contributed by atoms with Crippen LogP contribution in [0.2, 0.25) is 0 Å². The minimum Gasteiger partial charge on any atom is -0.195 e. The van der Waals surface area contributed by atoms with Gasteiger partial charge in [-0.05, 0) is 19.2 Å². The average Bonchev–Trinajstić information content (AvgIpc) is 2.36. The highest BCUT2D eigenvalue weighted by Gasteiger charge is 2.32. The van der Waals surface area contributed by atoms with Gasteiger partial charge in [0.1, 0.15) is 18.2 Å². The maximum Gasteiger partial charge on any atom is 0.233 e. The number of halogens is 1. The summed E-state index contributed by atoms with van der Waals surface area (Å²) in [6, 6.07) is 5.46. The van der Waals surface area contributed by atoms with Gasteiger partial charge in [0.05, 0.1) is 0 Å². The first kappa shape index (κ1) is 16.4. The van der Waals surface area contributed by atoms with Gasteiger partial charge in [0.25, 0.3) is 0 Å². The zero-order valence-corrected chi connectivity index (χ0v) is 12.6. The van der Waals surface area contributed by atoms with Gasteiger partial charge in [0, 0.05) is 6.16 Å². The fourth-order valence-electron chi connectivity index (χ4n) is 1.40. The minimum absolute atomic E-state index is 0.347. The largest absolute Gasteiger partial charge is 0.233 e. The lowest BCUT2D eigenvalue weighted by Crippen LogP contribution is -2.17. The monoisotopic (exact) mass is 313 g/mol. The van der Waals surface area contributed by atoms with Crippen molar-refractivity contribution in [1.82, 2.24) is 0 Å². The molecule has 0 rings (SSSR count). The van der Waals surface area contributed by atoms with Gasteiger partial charge in [-0.3, -0.25) is 0 Å². The Morgan fingerprint density at radius 2 is 1.53 bits per heavy atom. The van der Waals surface area contributed by atoms with Crippen LogP contribution >= 0.6 is 22.1 Å². The van der Waals surface area contributed by atoms with E-state index < -0.39 is 12.0 Å². The van der Waals surface area contributed by atoms with Gasteiger partial charge in [-0.2, -0.15) is 15.8 Å². The molecule has 0 saturated heterocycles. The van der Waals surface area contributed by atoms with Crippen LogP contribution < -0.4 is 0 Å². The van der Waals surface area contributed by atoms with Crippen molar-refractivity contribution in [3.05, 3.63) is 0 Å². The third-order valence-electron chi connectivity index (χ3n) is 2.49. The lowest BCUT2D eigenvalue weighted by atomic mass is 9.97. The molecule has 0 spiro atoms. The molecule has 17 heavy (non-hydrogen) atoms. The van der Waals surface area contributed by atoms with E-state index in [0.717, 1.165) is 12.6 Å². The van der Waals surface area contributed by atoms with Crippen molar-refractivity contribution in [3.8, 4) is 18.2 Å². The van der Waals surface area contributed by atoms with Gasteiger partial charge >= 0.3 is 0 Å². The molecule has 0 heterocycles. The molecule has 0 aliphatic heterocycles. The van der Waals surface area contributed by atoms with Crippen LogP contribution in [-0.4, -0.2) is 12.3 Å². The summed E-state index contributed by atoms with van der Waals surface area (Å²) in [4.78, 5) is 0. The molecular formula is C12H17BrN3P. The van der Waals surface area contributed by atoms with Gasteiger partial charge < -0.3 is 0 Å². The van der Waals surface area contributed by atoms with E-state index in [1.54, 1.807) is 0 Å². The van der Waals surface area contributed by atoms with Crippen LogP contribution in [0.25, 0.3) is 0 Å². The number of rotatable bonds is 8. The van der Waals surface area contributed by atoms with Crippen LogP contribution in [0.15, 0.2) is 0 Å². The molecule has 1 atom stereocenters. The number of hydrogen-bond acceptors (Lipinski definition) is 3. The zero-order chi connectivity index (χ0) is 13.1. The molecule has 0 radical (unpaired) electrons. The topological polar surface area (TPSA) is 71.4 Å². The van der Waals surface area contributed by atoms with Crippen molar-refractivity contribution in [2.24, 2.45) is 5.41 Å². The fraction of sp³-hybridized carbons (Fsp3) is 0.750. The summed E-state index contributed by atoms with van der Waals surface area (Å²) >= 11 is 3.52. The molecule has 0 saturated carbocycles. The molecule has 5 heteroatoms. The highest BCUT2D eigenvalue weighted by Crippen LogP contribution is 2.49. The lowest BCUT2D eigenvalue weighted by Gasteiger charge is -2.14. The first-order chi connectivity index (χ1) is 8.14. The highest BCUT2D eigenvalue weighted by atomic mass is 79.9. The molecular weight excluding hydrogens is 297 g/mol. The van der Waals surface area contributed by atoms with E-state index in [1.807, 2.05) is 18.2 Å². The van der Waals surface area contributed by atoms with E-state index in [2.05, 4.69) is 22.4 Å². The molecule has 0 fully saturated rings. The van der Waals surface area contributed by atoms with Crippen LogP contribution in [-0.2, 0) is 0 Å². The molecule has 0 bridgehead atoms. The zero-order valence-electron chi connectivity index (χ0n) is 10.1. The number of nitrogens with zero attached hydrogens (tertiary/aromatic N) is 3. The minimum atomic E-state index is -1.46. The molecule has 0 aromatic heterocycles. The van der Waals surface area contributed by atoms with E-state index >= 15 is 0 Å². The summed E-state index contributed by atoms with van der Waals surface area (Å²) in [6.45, 7) is 1.62. The van der Waals surface area contributed by atoms with Crippen molar-refractivity contribution >= 4 is 22.1 Å². The Morgan fingerprint density at radius 1 is 1.00 bits per heavy atom. The molecule has 3 nitrogen and oxygen atoms in total. The van der Waals surface area contributed by atoms with Crippen molar-refractivity contribution in [2.45, 2.75) is 39.0 Å². The van der Waals surface area contributed by atoms with E-state index in [0.29, 0.717) is 6.16 Å². The van der Waals surface area contributed by atoms with Crippen molar-refractivity contribution < 1.29 is 0 Å². The van der Waals surface area contributed by atoms with Gasteiger partial charge in [0.2, 0.25) is 5.41 Å². The second-order valence-electron chi connectivity index (χ2n) is 4.00. The summed E-state index contributed by atoms with van der Waals surface area (Å²) in [7, 11) is 0. The Morgan fingerprint density at radius 3 is 2.00 bits per heavy atom. The molecule has 0 N–H and O–H groups in total. The Labute approximate surface area is 113 Å². The highest BCUT2D eigenvalue weighted by molar-refractivity contribution is 9.39. The normalized spacial score (nSPS) is 12.2. The van der Waals surface area contributed by atoms with Crippen LogP contribution in [0.4, 0.5) is 0 Å². The number of hydrogen-bond donors (Lipinski definition) is 0. The first-order valence-corrected chi connectivity index (χ1v) is 9.51. The summed E-state index contributed by atoms with van der Waals surface area (Å²) in [5.74, 6) is 0. The Bertz CT molecular complexity index is 301. The number of nitriles is 3. The van der Waals surface area contributed by atoms with E-state index in [1.165, 1.54) is 25.7 Å². The van der Waals surface area contributed by atoms with Gasteiger partial charge in [0.15, 0.2) is 0 Å².